The fourth-order valence-electron chi connectivity index (χ4n) is 3.40. The van der Waals surface area contributed by atoms with E-state index in [9.17, 15) is 13.2 Å². The Balaban J connectivity index is 1.58. The fraction of sp³-hybridized carbons (Fsp3) is 0.381. The standard InChI is InChI=1S/C21H25ClN2O3S/c1-15-4-3-5-20(16(15)2)23-21(25)18-10-12-24(13-11-18)28(26,27)14-17-6-8-19(22)9-7-17/h3-9,18H,10-14H2,1-2H3,(H,23,25). The number of benzene rings is 2. The average Bonchev–Trinajstić information content (AvgIpc) is 2.67. The van der Waals surface area contributed by atoms with E-state index in [4.69, 9.17) is 11.6 Å². The smallest absolute Gasteiger partial charge is 0.227 e. The van der Waals surface area contributed by atoms with E-state index >= 15 is 0 Å². The van der Waals surface area contributed by atoms with Crippen molar-refractivity contribution in [1.29, 1.82) is 0 Å². The summed E-state index contributed by atoms with van der Waals surface area (Å²) in [6.07, 6.45) is 1.05. The van der Waals surface area contributed by atoms with Crippen LogP contribution >= 0.6 is 11.6 Å². The lowest BCUT2D eigenvalue weighted by molar-refractivity contribution is -0.120. The minimum atomic E-state index is -3.41. The molecule has 1 fully saturated rings. The van der Waals surface area contributed by atoms with E-state index in [0.717, 1.165) is 16.8 Å². The van der Waals surface area contributed by atoms with E-state index in [1.54, 1.807) is 24.3 Å². The quantitative estimate of drug-likeness (QED) is 0.790. The minimum absolute atomic E-state index is 0.0385. The van der Waals surface area contributed by atoms with Gasteiger partial charge in [-0.2, -0.15) is 0 Å². The summed E-state index contributed by atoms with van der Waals surface area (Å²) in [7, 11) is -3.41. The maximum Gasteiger partial charge on any atom is 0.227 e. The summed E-state index contributed by atoms with van der Waals surface area (Å²) in [6.45, 7) is 4.72. The molecule has 0 spiro atoms. The molecule has 0 bridgehead atoms. The van der Waals surface area contributed by atoms with Crippen LogP contribution in [-0.2, 0) is 20.6 Å². The van der Waals surface area contributed by atoms with E-state index < -0.39 is 10.0 Å². The fourth-order valence-corrected chi connectivity index (χ4v) is 5.09. The average molecular weight is 421 g/mol. The van der Waals surface area contributed by atoms with E-state index in [-0.39, 0.29) is 17.6 Å². The second-order valence-corrected chi connectivity index (χ2v) is 9.70. The van der Waals surface area contributed by atoms with Crippen LogP contribution < -0.4 is 5.32 Å². The van der Waals surface area contributed by atoms with Crippen molar-refractivity contribution in [3.63, 3.8) is 0 Å². The van der Waals surface area contributed by atoms with Crippen molar-refractivity contribution in [2.45, 2.75) is 32.4 Å². The molecule has 0 radical (unpaired) electrons. The summed E-state index contributed by atoms with van der Waals surface area (Å²) in [5.41, 5.74) is 3.71. The van der Waals surface area contributed by atoms with Gasteiger partial charge in [0.1, 0.15) is 0 Å². The van der Waals surface area contributed by atoms with Gasteiger partial charge in [-0.15, -0.1) is 0 Å². The Hall–Kier alpha value is -1.89. The molecule has 2 aromatic rings. The van der Waals surface area contributed by atoms with Gasteiger partial charge in [-0.1, -0.05) is 35.9 Å². The molecule has 0 aromatic heterocycles. The number of amides is 1. The van der Waals surface area contributed by atoms with Gasteiger partial charge in [-0.05, 0) is 61.6 Å². The summed E-state index contributed by atoms with van der Waals surface area (Å²) in [4.78, 5) is 12.6. The van der Waals surface area contributed by atoms with E-state index in [1.807, 2.05) is 32.0 Å². The van der Waals surface area contributed by atoms with Gasteiger partial charge >= 0.3 is 0 Å². The van der Waals surface area contributed by atoms with Crippen LogP contribution in [0.2, 0.25) is 5.02 Å². The molecule has 0 aliphatic carbocycles. The van der Waals surface area contributed by atoms with Gasteiger partial charge in [-0.3, -0.25) is 4.79 Å². The van der Waals surface area contributed by atoms with Crippen molar-refractivity contribution in [3.05, 3.63) is 64.2 Å². The zero-order valence-electron chi connectivity index (χ0n) is 16.1. The SMILES string of the molecule is Cc1cccc(NC(=O)C2CCN(S(=O)(=O)Cc3ccc(Cl)cc3)CC2)c1C. The summed E-state index contributed by atoms with van der Waals surface area (Å²) in [5, 5.41) is 3.58. The lowest BCUT2D eigenvalue weighted by Gasteiger charge is -2.30. The van der Waals surface area contributed by atoms with Crippen LogP contribution in [0.5, 0.6) is 0 Å². The molecule has 1 N–H and O–H groups in total. The molecule has 0 atom stereocenters. The third-order valence-corrected chi connectivity index (χ3v) is 7.44. The van der Waals surface area contributed by atoms with Crippen LogP contribution in [0.1, 0.15) is 29.5 Å². The normalized spacial score (nSPS) is 16.1. The van der Waals surface area contributed by atoms with Crippen molar-refractivity contribution in [1.82, 2.24) is 4.31 Å². The number of sulfonamides is 1. The maximum atomic E-state index is 12.7. The lowest BCUT2D eigenvalue weighted by Crippen LogP contribution is -2.41. The third-order valence-electron chi connectivity index (χ3n) is 5.34. The van der Waals surface area contributed by atoms with Gasteiger partial charge in [0.2, 0.25) is 15.9 Å². The van der Waals surface area contributed by atoms with Crippen LogP contribution in [0.25, 0.3) is 0 Å². The molecule has 3 rings (SSSR count). The van der Waals surface area contributed by atoms with Crippen LogP contribution in [0, 0.1) is 19.8 Å². The number of nitrogens with zero attached hydrogens (tertiary/aromatic N) is 1. The highest BCUT2D eigenvalue weighted by atomic mass is 35.5. The lowest BCUT2D eigenvalue weighted by atomic mass is 9.97. The monoisotopic (exact) mass is 420 g/mol. The number of hydrogen-bond donors (Lipinski definition) is 1. The van der Waals surface area contributed by atoms with Crippen molar-refractivity contribution in [3.8, 4) is 0 Å². The van der Waals surface area contributed by atoms with Crippen LogP contribution in [0.15, 0.2) is 42.5 Å². The Labute approximate surface area is 171 Å². The predicted molar refractivity (Wildman–Crippen MR) is 113 cm³/mol. The van der Waals surface area contributed by atoms with Crippen molar-refractivity contribution in [2.24, 2.45) is 5.92 Å². The Morgan fingerprint density at radius 2 is 1.75 bits per heavy atom. The number of anilines is 1. The molecule has 2 aromatic carbocycles. The highest BCUT2D eigenvalue weighted by Gasteiger charge is 2.31. The molecule has 1 amide bonds. The summed E-state index contributed by atoms with van der Waals surface area (Å²) in [6, 6.07) is 12.7. The van der Waals surface area contributed by atoms with E-state index in [1.165, 1.54) is 4.31 Å². The summed E-state index contributed by atoms with van der Waals surface area (Å²) < 4.78 is 26.9. The first kappa shape index (κ1) is 20.8. The topological polar surface area (TPSA) is 66.5 Å². The number of nitrogens with one attached hydrogen (secondary N) is 1. The largest absolute Gasteiger partial charge is 0.326 e. The number of halogens is 1. The van der Waals surface area contributed by atoms with Gasteiger partial charge in [-0.25, -0.2) is 12.7 Å². The number of carbonyl (C=O) groups is 1. The maximum absolute atomic E-state index is 12.7. The predicted octanol–water partition coefficient (Wildman–Crippen LogP) is 4.14. The molecule has 150 valence electrons. The van der Waals surface area contributed by atoms with Crippen molar-refractivity contribution >= 4 is 33.2 Å². The second-order valence-electron chi connectivity index (χ2n) is 7.29. The highest BCUT2D eigenvalue weighted by Crippen LogP contribution is 2.25. The molecule has 0 saturated carbocycles. The van der Waals surface area contributed by atoms with Gasteiger partial charge in [0.25, 0.3) is 0 Å². The van der Waals surface area contributed by atoms with E-state index in [2.05, 4.69) is 5.32 Å². The number of aryl methyl sites for hydroxylation is 1. The molecule has 1 saturated heterocycles. The van der Waals surface area contributed by atoms with Crippen molar-refractivity contribution in [2.75, 3.05) is 18.4 Å². The zero-order valence-corrected chi connectivity index (χ0v) is 17.7. The number of piperidine rings is 1. The molecule has 1 heterocycles. The number of hydrogen-bond acceptors (Lipinski definition) is 3. The van der Waals surface area contributed by atoms with Crippen LogP contribution in [-0.4, -0.2) is 31.7 Å². The summed E-state index contributed by atoms with van der Waals surface area (Å²) in [5.74, 6) is -0.269. The van der Waals surface area contributed by atoms with Gasteiger partial charge in [0, 0.05) is 29.7 Å². The van der Waals surface area contributed by atoms with Gasteiger partial charge in [0.15, 0.2) is 0 Å². The Morgan fingerprint density at radius 1 is 1.11 bits per heavy atom. The number of rotatable bonds is 5. The first-order valence-electron chi connectivity index (χ1n) is 9.35. The molecule has 0 unspecified atom stereocenters. The van der Waals surface area contributed by atoms with E-state index in [0.29, 0.717) is 36.5 Å². The minimum Gasteiger partial charge on any atom is -0.326 e. The number of carbonyl (C=O) groups excluding carboxylic acids is 1. The second kappa shape index (κ2) is 8.64. The zero-order chi connectivity index (χ0) is 20.3. The Bertz CT molecular complexity index is 950. The van der Waals surface area contributed by atoms with Gasteiger partial charge < -0.3 is 5.32 Å². The molecule has 1 aliphatic rings. The molecular formula is C21H25ClN2O3S. The highest BCUT2D eigenvalue weighted by molar-refractivity contribution is 7.88. The molecule has 7 heteroatoms. The first-order valence-corrected chi connectivity index (χ1v) is 11.3. The molecule has 28 heavy (non-hydrogen) atoms. The van der Waals surface area contributed by atoms with Crippen LogP contribution in [0.3, 0.4) is 0 Å². The molecule has 1 aliphatic heterocycles. The van der Waals surface area contributed by atoms with Gasteiger partial charge in [0.05, 0.1) is 5.75 Å². The molecular weight excluding hydrogens is 396 g/mol. The summed E-state index contributed by atoms with van der Waals surface area (Å²) >= 11 is 5.86. The van der Waals surface area contributed by atoms with Crippen LogP contribution in [0.4, 0.5) is 5.69 Å². The molecule has 5 nitrogen and oxygen atoms in total. The first-order chi connectivity index (χ1) is 13.3. The Morgan fingerprint density at radius 3 is 2.39 bits per heavy atom. The Kier molecular flexibility index (Phi) is 6.43. The van der Waals surface area contributed by atoms with Crippen molar-refractivity contribution < 1.29 is 13.2 Å². The third kappa shape index (κ3) is 4.93.